The quantitative estimate of drug-likeness (QED) is 0.398. The summed E-state index contributed by atoms with van der Waals surface area (Å²) in [6.07, 6.45) is 2.11. The first-order valence-electron chi connectivity index (χ1n) is 10.3. The molecule has 0 aromatic heterocycles. The number of nitrogens with zero attached hydrogens (tertiary/aromatic N) is 1. The van der Waals surface area contributed by atoms with Crippen molar-refractivity contribution in [2.75, 3.05) is 0 Å². The zero-order valence-electron chi connectivity index (χ0n) is 18.4. The molecule has 4 rings (SSSR count). The van der Waals surface area contributed by atoms with E-state index in [1.807, 2.05) is 39.8 Å². The van der Waals surface area contributed by atoms with Gasteiger partial charge in [-0.1, -0.05) is 61.6 Å². The van der Waals surface area contributed by atoms with Crippen molar-refractivity contribution in [2.24, 2.45) is 22.2 Å². The van der Waals surface area contributed by atoms with E-state index < -0.39 is 17.2 Å². The fourth-order valence-corrected chi connectivity index (χ4v) is 7.42. The fraction of sp³-hybridized carbons (Fsp3) is 0.652. The Bertz CT molecular complexity index is 863. The highest BCUT2D eigenvalue weighted by molar-refractivity contribution is 9.11. The number of aliphatic imine (C=N–C) groups is 1. The molecule has 2 bridgehead atoms. The number of hydrogen-bond donors (Lipinski definition) is 1. The third-order valence-electron chi connectivity index (χ3n) is 6.67. The van der Waals surface area contributed by atoms with Gasteiger partial charge in [-0.25, -0.2) is 4.79 Å². The minimum absolute atomic E-state index is 0.0989. The van der Waals surface area contributed by atoms with Crippen molar-refractivity contribution in [1.29, 1.82) is 0 Å². The minimum atomic E-state index is -1.01. The standard InChI is InChI=1S/C23H30Br3NO3/c1-21(2,3)30-20(28)17(11-14-15(25)9-13(24)10-16(14)26)27-19-8-12-7-18(22(12,4)5)23(19,6)29/h9-10,12,17-18,29H,7-8,11H2,1-6H3/t12?,17-,18?,23+/m1/s1. The maximum atomic E-state index is 13.1. The zero-order chi connectivity index (χ0) is 22.6. The van der Waals surface area contributed by atoms with Crippen LogP contribution in [0.15, 0.2) is 30.5 Å². The summed E-state index contributed by atoms with van der Waals surface area (Å²) in [6, 6.07) is 3.18. The number of esters is 1. The molecule has 1 aromatic carbocycles. The molecule has 30 heavy (non-hydrogen) atoms. The number of benzene rings is 1. The second-order valence-corrected chi connectivity index (χ2v) is 13.0. The second-order valence-electron chi connectivity index (χ2n) is 10.3. The van der Waals surface area contributed by atoms with Gasteiger partial charge < -0.3 is 9.84 Å². The topological polar surface area (TPSA) is 58.9 Å². The number of fused-ring (bicyclic) bond motifs is 2. The van der Waals surface area contributed by atoms with E-state index in [-0.39, 0.29) is 17.3 Å². The molecule has 3 fully saturated rings. The molecule has 0 radical (unpaired) electrons. The maximum absolute atomic E-state index is 13.1. The molecular weight excluding hydrogens is 578 g/mol. The SMILES string of the molecule is CC(C)(C)OC(=O)[C@@H](Cc1c(Br)cc(Br)cc1Br)N=C1CC2CC(C2(C)C)[C@]1(C)O. The van der Waals surface area contributed by atoms with E-state index >= 15 is 0 Å². The van der Waals surface area contributed by atoms with Gasteiger partial charge in [0.2, 0.25) is 0 Å². The third-order valence-corrected chi connectivity index (χ3v) is 8.54. The predicted octanol–water partition coefficient (Wildman–Crippen LogP) is 6.48. The van der Waals surface area contributed by atoms with Crippen molar-refractivity contribution in [3.8, 4) is 0 Å². The van der Waals surface area contributed by atoms with E-state index in [2.05, 4.69) is 61.6 Å². The molecule has 166 valence electrons. The van der Waals surface area contributed by atoms with E-state index in [0.717, 1.165) is 37.5 Å². The Morgan fingerprint density at radius 1 is 1.23 bits per heavy atom. The molecule has 0 aliphatic heterocycles. The van der Waals surface area contributed by atoms with Crippen molar-refractivity contribution in [3.63, 3.8) is 0 Å². The Morgan fingerprint density at radius 3 is 2.27 bits per heavy atom. The van der Waals surface area contributed by atoms with Crippen LogP contribution >= 0.6 is 47.8 Å². The van der Waals surface area contributed by atoms with Crippen molar-refractivity contribution < 1.29 is 14.6 Å². The van der Waals surface area contributed by atoms with Gasteiger partial charge in [0.25, 0.3) is 0 Å². The lowest BCUT2D eigenvalue weighted by Gasteiger charge is -2.62. The van der Waals surface area contributed by atoms with Crippen LogP contribution in [-0.2, 0) is 16.0 Å². The van der Waals surface area contributed by atoms with Crippen LogP contribution in [0.3, 0.4) is 0 Å². The van der Waals surface area contributed by atoms with Gasteiger partial charge in [-0.3, -0.25) is 4.99 Å². The largest absolute Gasteiger partial charge is 0.458 e. The molecule has 1 N–H and O–H groups in total. The smallest absolute Gasteiger partial charge is 0.331 e. The Kier molecular flexibility index (Phi) is 6.73. The number of carbonyl (C=O) groups is 1. The number of carbonyl (C=O) groups excluding carboxylic acids is 1. The Balaban J connectivity index is 1.97. The lowest BCUT2D eigenvalue weighted by atomic mass is 9.44. The zero-order valence-corrected chi connectivity index (χ0v) is 23.1. The summed E-state index contributed by atoms with van der Waals surface area (Å²) in [6.45, 7) is 11.9. The molecule has 4 atom stereocenters. The molecule has 4 nitrogen and oxygen atoms in total. The number of hydrogen-bond acceptors (Lipinski definition) is 4. The van der Waals surface area contributed by atoms with Crippen LogP contribution in [0.25, 0.3) is 0 Å². The van der Waals surface area contributed by atoms with E-state index in [9.17, 15) is 9.90 Å². The fourth-order valence-electron chi connectivity index (χ4n) is 4.84. The normalized spacial score (nSPS) is 30.0. The van der Waals surface area contributed by atoms with Gasteiger partial charge in [0.15, 0.2) is 6.04 Å². The lowest BCUT2D eigenvalue weighted by molar-refractivity contribution is -0.156. The summed E-state index contributed by atoms with van der Waals surface area (Å²) in [7, 11) is 0. The van der Waals surface area contributed by atoms with Crippen LogP contribution in [0, 0.1) is 17.3 Å². The van der Waals surface area contributed by atoms with Crippen molar-refractivity contribution in [3.05, 3.63) is 31.1 Å². The molecule has 2 unspecified atom stereocenters. The minimum Gasteiger partial charge on any atom is -0.458 e. The monoisotopic (exact) mass is 605 g/mol. The number of aliphatic hydroxyl groups is 1. The van der Waals surface area contributed by atoms with E-state index in [0.29, 0.717) is 12.3 Å². The molecule has 0 amide bonds. The van der Waals surface area contributed by atoms with Gasteiger partial charge in [0.05, 0.1) is 0 Å². The molecular formula is C23H30Br3NO3. The Labute approximate surface area is 204 Å². The Morgan fingerprint density at radius 2 is 1.80 bits per heavy atom. The van der Waals surface area contributed by atoms with Gasteiger partial charge in [-0.2, -0.15) is 0 Å². The Hall–Kier alpha value is -0.240. The highest BCUT2D eigenvalue weighted by Gasteiger charge is 2.61. The highest BCUT2D eigenvalue weighted by Crippen LogP contribution is 2.61. The van der Waals surface area contributed by atoms with E-state index in [1.54, 1.807) is 0 Å². The first-order valence-corrected chi connectivity index (χ1v) is 12.7. The molecule has 3 saturated carbocycles. The van der Waals surface area contributed by atoms with Gasteiger partial charge in [0, 0.05) is 25.6 Å². The molecule has 3 aliphatic carbocycles. The van der Waals surface area contributed by atoms with Crippen LogP contribution < -0.4 is 0 Å². The molecule has 7 heteroatoms. The molecule has 0 saturated heterocycles. The average molecular weight is 608 g/mol. The van der Waals surface area contributed by atoms with Crippen molar-refractivity contribution in [1.82, 2.24) is 0 Å². The van der Waals surface area contributed by atoms with Gasteiger partial charge in [0.1, 0.15) is 11.2 Å². The van der Waals surface area contributed by atoms with Crippen LogP contribution in [0.4, 0.5) is 0 Å². The van der Waals surface area contributed by atoms with Crippen LogP contribution in [0.5, 0.6) is 0 Å². The molecule has 1 aromatic rings. The second kappa shape index (κ2) is 8.27. The average Bonchev–Trinajstić information content (AvgIpc) is 2.55. The first kappa shape index (κ1) is 24.4. The summed E-state index contributed by atoms with van der Waals surface area (Å²) >= 11 is 10.7. The van der Waals surface area contributed by atoms with Gasteiger partial charge >= 0.3 is 5.97 Å². The van der Waals surface area contributed by atoms with E-state index in [4.69, 9.17) is 9.73 Å². The summed E-state index contributed by atoms with van der Waals surface area (Å²) in [5.74, 6) is 0.283. The molecule has 0 heterocycles. The summed E-state index contributed by atoms with van der Waals surface area (Å²) in [5.41, 5.74) is 0.153. The predicted molar refractivity (Wildman–Crippen MR) is 131 cm³/mol. The van der Waals surface area contributed by atoms with Crippen LogP contribution in [-0.4, -0.2) is 34.0 Å². The third kappa shape index (κ3) is 4.74. The maximum Gasteiger partial charge on any atom is 0.331 e. The lowest BCUT2D eigenvalue weighted by Crippen LogP contribution is -2.65. The van der Waals surface area contributed by atoms with Crippen molar-refractivity contribution in [2.45, 2.75) is 78.0 Å². The number of ether oxygens (including phenoxy) is 1. The van der Waals surface area contributed by atoms with Crippen LogP contribution in [0.1, 0.15) is 59.9 Å². The highest BCUT2D eigenvalue weighted by atomic mass is 79.9. The van der Waals surface area contributed by atoms with Gasteiger partial charge in [-0.15, -0.1) is 0 Å². The summed E-state index contributed by atoms with van der Waals surface area (Å²) < 4.78 is 8.40. The van der Waals surface area contributed by atoms with E-state index in [1.165, 1.54) is 0 Å². The first-order chi connectivity index (χ1) is 13.6. The number of rotatable bonds is 4. The summed E-state index contributed by atoms with van der Waals surface area (Å²) in [4.78, 5) is 18.0. The summed E-state index contributed by atoms with van der Waals surface area (Å²) in [5, 5.41) is 11.3. The molecule has 3 aliphatic rings. The molecule has 0 spiro atoms. The van der Waals surface area contributed by atoms with Crippen molar-refractivity contribution >= 4 is 59.5 Å². The van der Waals surface area contributed by atoms with Crippen LogP contribution in [0.2, 0.25) is 0 Å². The van der Waals surface area contributed by atoms with Gasteiger partial charge in [-0.05, 0) is 75.5 Å². The number of halogens is 3.